The van der Waals surface area contributed by atoms with Crippen molar-refractivity contribution in [1.29, 1.82) is 0 Å². The van der Waals surface area contributed by atoms with Gasteiger partial charge >= 0.3 is 7.60 Å². The highest BCUT2D eigenvalue weighted by atomic mass is 35.5. The Morgan fingerprint density at radius 2 is 1.83 bits per heavy atom. The Morgan fingerprint density at radius 1 is 1.14 bits per heavy atom. The Kier molecular flexibility index (Phi) is 7.84. The summed E-state index contributed by atoms with van der Waals surface area (Å²) in [5, 5.41) is 23.1. The molecule has 2 aromatic heterocycles. The average molecular weight is 563 g/mol. The molecule has 3 aromatic rings. The Labute approximate surface area is 210 Å². The lowest BCUT2D eigenvalue weighted by Gasteiger charge is -2.20. The largest absolute Gasteiger partial charge is 0.387 e. The number of ether oxygens (including phenoxy) is 1. The van der Waals surface area contributed by atoms with Gasteiger partial charge in [0, 0.05) is 20.1 Å². The van der Waals surface area contributed by atoms with Crippen LogP contribution in [0.25, 0.3) is 11.2 Å². The fraction of sp³-hybridized carbons (Fsp3) is 0.421. The molecule has 14 nitrogen and oxygen atoms in total. The van der Waals surface area contributed by atoms with Gasteiger partial charge in [-0.05, 0) is 17.2 Å². The summed E-state index contributed by atoms with van der Waals surface area (Å²) in [7, 11) is -7.39. The van der Waals surface area contributed by atoms with Crippen molar-refractivity contribution in [3.8, 4) is 0 Å². The highest BCUT2D eigenvalue weighted by Gasteiger charge is 2.45. The van der Waals surface area contributed by atoms with Gasteiger partial charge in [-0.25, -0.2) is 10.1 Å². The van der Waals surface area contributed by atoms with Crippen molar-refractivity contribution in [2.24, 2.45) is 0 Å². The van der Waals surface area contributed by atoms with Gasteiger partial charge in [-0.2, -0.15) is 9.97 Å². The van der Waals surface area contributed by atoms with Gasteiger partial charge in [-0.1, -0.05) is 30.3 Å². The first-order chi connectivity index (χ1) is 16.8. The zero-order valence-corrected chi connectivity index (χ0v) is 21.4. The van der Waals surface area contributed by atoms with Crippen LogP contribution >= 0.6 is 26.7 Å². The SMILES string of the molecule is CN(Cc1ccccc1)c1nc(Cl)nc2c1ncn2C1OC(CNP(=O)(O)CP(=O)(O)O)C(O)C1O. The molecule has 5 unspecified atom stereocenters. The molecule has 0 amide bonds. The molecule has 1 fully saturated rings. The third-order valence-electron chi connectivity index (χ3n) is 5.53. The molecule has 0 saturated carbocycles. The van der Waals surface area contributed by atoms with Crippen LogP contribution in [0.3, 0.4) is 0 Å². The molecule has 0 aliphatic carbocycles. The Hall–Kier alpha value is -1.96. The number of aliphatic hydroxyl groups excluding tert-OH is 2. The van der Waals surface area contributed by atoms with Crippen molar-refractivity contribution >= 4 is 43.7 Å². The van der Waals surface area contributed by atoms with Crippen LogP contribution in [0.2, 0.25) is 5.28 Å². The van der Waals surface area contributed by atoms with E-state index < -0.39 is 52.1 Å². The molecule has 0 radical (unpaired) electrons. The lowest BCUT2D eigenvalue weighted by atomic mass is 10.1. The molecule has 0 bridgehead atoms. The zero-order chi connectivity index (χ0) is 26.3. The number of nitrogens with one attached hydrogen (secondary N) is 1. The monoisotopic (exact) mass is 562 g/mol. The fourth-order valence-corrected chi connectivity index (χ4v) is 6.94. The summed E-state index contributed by atoms with van der Waals surface area (Å²) in [5.41, 5.74) is 1.62. The van der Waals surface area contributed by atoms with Crippen molar-refractivity contribution in [2.75, 3.05) is 24.4 Å². The third-order valence-corrected chi connectivity index (χ3v) is 9.38. The Bertz CT molecular complexity index is 1320. The molecule has 196 valence electrons. The molecule has 6 N–H and O–H groups in total. The van der Waals surface area contributed by atoms with Crippen LogP contribution in [-0.2, 0) is 20.4 Å². The van der Waals surface area contributed by atoms with E-state index in [1.807, 2.05) is 35.2 Å². The summed E-state index contributed by atoms with van der Waals surface area (Å²) >= 11 is 6.18. The number of benzene rings is 1. The second kappa shape index (κ2) is 10.4. The standard InChI is InChI=1S/C19H25ClN6O8P2/c1-25(8-11-5-3-2-4-6-11)16-13-17(24-19(20)23-16)26(9-21-13)18-15(28)14(27)12(34-18)7-22-35(29,30)10-36(31,32)33/h2-6,9,12,14-15,18,27-28H,7-8,10H2,1H3,(H2,22,29,30)(H2,31,32,33). The first-order valence-corrected chi connectivity index (χ1v) is 14.6. The number of hydrogen-bond donors (Lipinski definition) is 6. The molecule has 1 aromatic carbocycles. The topological polar surface area (TPSA) is 203 Å². The van der Waals surface area contributed by atoms with E-state index in [0.29, 0.717) is 17.9 Å². The summed E-state index contributed by atoms with van der Waals surface area (Å²) < 4.78 is 30.2. The van der Waals surface area contributed by atoms with Gasteiger partial charge in [0.2, 0.25) is 5.28 Å². The van der Waals surface area contributed by atoms with Gasteiger partial charge in [0.25, 0.3) is 7.52 Å². The fourth-order valence-electron chi connectivity index (χ4n) is 3.92. The number of anilines is 1. The van der Waals surface area contributed by atoms with Crippen molar-refractivity contribution in [1.82, 2.24) is 24.6 Å². The van der Waals surface area contributed by atoms with E-state index in [1.165, 1.54) is 10.9 Å². The number of hydrogen-bond acceptors (Lipinski definition) is 9. The second-order valence-electron chi connectivity index (χ2n) is 8.40. The van der Waals surface area contributed by atoms with E-state index in [0.717, 1.165) is 5.56 Å². The van der Waals surface area contributed by atoms with Gasteiger partial charge in [0.1, 0.15) is 24.2 Å². The van der Waals surface area contributed by atoms with Crippen LogP contribution in [0.15, 0.2) is 36.7 Å². The quantitative estimate of drug-likeness (QED) is 0.157. The molecule has 1 aliphatic heterocycles. The van der Waals surface area contributed by atoms with Gasteiger partial charge in [0.05, 0.1) is 6.33 Å². The van der Waals surface area contributed by atoms with Crippen LogP contribution in [0.5, 0.6) is 0 Å². The lowest BCUT2D eigenvalue weighted by molar-refractivity contribution is -0.0331. The molecule has 4 rings (SSSR count). The molecule has 17 heteroatoms. The summed E-state index contributed by atoms with van der Waals surface area (Å²) in [5.74, 6) is -0.854. The Balaban J connectivity index is 1.56. The average Bonchev–Trinajstić information content (AvgIpc) is 3.31. The number of nitrogens with zero attached hydrogens (tertiary/aromatic N) is 5. The maximum absolute atomic E-state index is 12.0. The van der Waals surface area contributed by atoms with Crippen LogP contribution < -0.4 is 9.99 Å². The minimum absolute atomic E-state index is 0.0796. The number of rotatable bonds is 9. The minimum atomic E-state index is -4.77. The van der Waals surface area contributed by atoms with E-state index >= 15 is 0 Å². The molecule has 1 saturated heterocycles. The lowest BCUT2D eigenvalue weighted by Crippen LogP contribution is -2.37. The molecule has 1 aliphatic rings. The van der Waals surface area contributed by atoms with Gasteiger partial charge in [0.15, 0.2) is 23.2 Å². The van der Waals surface area contributed by atoms with E-state index in [9.17, 15) is 24.2 Å². The molecule has 36 heavy (non-hydrogen) atoms. The highest BCUT2D eigenvalue weighted by molar-refractivity contribution is 7.71. The Morgan fingerprint density at radius 3 is 2.50 bits per heavy atom. The maximum Gasteiger partial charge on any atom is 0.336 e. The normalized spacial score (nSPS) is 24.2. The number of aromatic nitrogens is 4. The van der Waals surface area contributed by atoms with E-state index in [4.69, 9.17) is 26.1 Å². The minimum Gasteiger partial charge on any atom is -0.387 e. The van der Waals surface area contributed by atoms with E-state index in [2.05, 4.69) is 20.0 Å². The number of aliphatic hydroxyl groups is 2. The first-order valence-electron chi connectivity index (χ1n) is 10.6. The predicted molar refractivity (Wildman–Crippen MR) is 130 cm³/mol. The highest BCUT2D eigenvalue weighted by Crippen LogP contribution is 2.52. The predicted octanol–water partition coefficient (Wildman–Crippen LogP) is 0.645. The van der Waals surface area contributed by atoms with Crippen molar-refractivity contribution < 1.29 is 38.8 Å². The number of imidazole rings is 1. The summed E-state index contributed by atoms with van der Waals surface area (Å²) in [6, 6.07) is 9.65. The summed E-state index contributed by atoms with van der Waals surface area (Å²) in [4.78, 5) is 42.4. The number of halogens is 1. The van der Waals surface area contributed by atoms with Gasteiger partial charge in [-0.15, -0.1) is 0 Å². The van der Waals surface area contributed by atoms with Crippen molar-refractivity contribution in [3.63, 3.8) is 0 Å². The van der Waals surface area contributed by atoms with E-state index in [1.54, 1.807) is 7.05 Å². The maximum atomic E-state index is 12.0. The van der Waals surface area contributed by atoms with Crippen LogP contribution in [0.1, 0.15) is 11.8 Å². The van der Waals surface area contributed by atoms with Crippen LogP contribution in [-0.4, -0.2) is 82.2 Å². The second-order valence-corrected chi connectivity index (χ2v) is 12.9. The van der Waals surface area contributed by atoms with Crippen molar-refractivity contribution in [3.05, 3.63) is 47.5 Å². The van der Waals surface area contributed by atoms with Gasteiger partial charge in [-0.3, -0.25) is 13.7 Å². The molecule has 3 heterocycles. The molecular formula is C19H25ClN6O8P2. The third kappa shape index (κ3) is 6.12. The van der Waals surface area contributed by atoms with Crippen LogP contribution in [0, 0.1) is 0 Å². The summed E-state index contributed by atoms with van der Waals surface area (Å²) in [6.07, 6.45) is -4.00. The summed E-state index contributed by atoms with van der Waals surface area (Å²) in [6.45, 7) is 0.0386. The molecule has 5 atom stereocenters. The smallest absolute Gasteiger partial charge is 0.336 e. The van der Waals surface area contributed by atoms with E-state index in [-0.39, 0.29) is 10.9 Å². The zero-order valence-electron chi connectivity index (χ0n) is 18.9. The van der Waals surface area contributed by atoms with Gasteiger partial charge < -0.3 is 34.5 Å². The van der Waals surface area contributed by atoms with Crippen molar-refractivity contribution in [2.45, 2.75) is 31.1 Å². The first kappa shape index (κ1) is 27.1. The molecular weight excluding hydrogens is 538 g/mol. The number of fused-ring (bicyclic) bond motifs is 1. The molecule has 0 spiro atoms. The van der Waals surface area contributed by atoms with Crippen LogP contribution in [0.4, 0.5) is 5.82 Å².